The van der Waals surface area contributed by atoms with Gasteiger partial charge in [0.1, 0.15) is 5.82 Å². The van der Waals surface area contributed by atoms with Crippen LogP contribution in [0.4, 0.5) is 10.2 Å². The summed E-state index contributed by atoms with van der Waals surface area (Å²) in [5, 5.41) is 11.7. The van der Waals surface area contributed by atoms with Gasteiger partial charge in [0.05, 0.1) is 11.6 Å². The van der Waals surface area contributed by atoms with Crippen LogP contribution in [-0.2, 0) is 11.3 Å². The lowest BCUT2D eigenvalue weighted by Crippen LogP contribution is -2.43. The Morgan fingerprint density at radius 3 is 2.63 bits per heavy atom. The molecule has 3 aromatic rings. The van der Waals surface area contributed by atoms with Gasteiger partial charge in [-0.15, -0.1) is 10.2 Å². The van der Waals surface area contributed by atoms with Crippen molar-refractivity contribution >= 4 is 11.7 Å². The quantitative estimate of drug-likeness (QED) is 0.695. The molecule has 1 atom stereocenters. The summed E-state index contributed by atoms with van der Waals surface area (Å²) in [6.45, 7) is 4.09. The SMILES string of the molecule is Cc1ccccc1CNC(=O)[C@@H]1CCCN(c2ccc(-c3ccc(F)cc3)nn2)C1. The number of nitrogens with one attached hydrogen (secondary N) is 1. The molecule has 1 fully saturated rings. The number of carbonyl (C=O) groups excluding carboxylic acids is 1. The Morgan fingerprint density at radius 2 is 1.90 bits per heavy atom. The lowest BCUT2D eigenvalue weighted by atomic mass is 9.97. The topological polar surface area (TPSA) is 58.1 Å². The number of halogens is 1. The van der Waals surface area contributed by atoms with Gasteiger partial charge in [0.25, 0.3) is 0 Å². The van der Waals surface area contributed by atoms with Gasteiger partial charge in [0.2, 0.25) is 5.91 Å². The van der Waals surface area contributed by atoms with E-state index < -0.39 is 0 Å². The Kier molecular flexibility index (Phi) is 6.02. The molecule has 0 aliphatic carbocycles. The van der Waals surface area contributed by atoms with E-state index in [2.05, 4.69) is 33.4 Å². The molecule has 5 nitrogen and oxygen atoms in total. The molecule has 1 aliphatic rings. The van der Waals surface area contributed by atoms with Crippen LogP contribution in [0.1, 0.15) is 24.0 Å². The third-order valence-corrected chi connectivity index (χ3v) is 5.62. The van der Waals surface area contributed by atoms with Crippen molar-refractivity contribution in [3.63, 3.8) is 0 Å². The number of piperidine rings is 1. The van der Waals surface area contributed by atoms with Crippen LogP contribution in [0.15, 0.2) is 60.7 Å². The molecule has 30 heavy (non-hydrogen) atoms. The van der Waals surface area contributed by atoms with Crippen LogP contribution < -0.4 is 10.2 Å². The normalized spacial score (nSPS) is 16.3. The second kappa shape index (κ2) is 9.03. The first-order valence-electron chi connectivity index (χ1n) is 10.3. The molecule has 2 heterocycles. The number of amides is 1. The lowest BCUT2D eigenvalue weighted by Gasteiger charge is -2.32. The number of hydrogen-bond acceptors (Lipinski definition) is 4. The Labute approximate surface area is 176 Å². The van der Waals surface area contributed by atoms with Gasteiger partial charge in [-0.2, -0.15) is 0 Å². The van der Waals surface area contributed by atoms with Crippen molar-refractivity contribution in [1.29, 1.82) is 0 Å². The van der Waals surface area contributed by atoms with Crippen molar-refractivity contribution in [2.24, 2.45) is 5.92 Å². The molecular weight excluding hydrogens is 379 g/mol. The van der Waals surface area contributed by atoms with Crippen LogP contribution in [-0.4, -0.2) is 29.2 Å². The van der Waals surface area contributed by atoms with Crippen molar-refractivity contribution < 1.29 is 9.18 Å². The molecular formula is C24H25FN4O. The first-order valence-corrected chi connectivity index (χ1v) is 10.3. The lowest BCUT2D eigenvalue weighted by molar-refractivity contribution is -0.125. The molecule has 6 heteroatoms. The molecule has 1 aliphatic heterocycles. The van der Waals surface area contributed by atoms with Crippen molar-refractivity contribution in [1.82, 2.24) is 15.5 Å². The highest BCUT2D eigenvalue weighted by Gasteiger charge is 2.26. The average Bonchev–Trinajstić information content (AvgIpc) is 2.79. The highest BCUT2D eigenvalue weighted by molar-refractivity contribution is 5.79. The predicted molar refractivity (Wildman–Crippen MR) is 115 cm³/mol. The van der Waals surface area contributed by atoms with Crippen molar-refractivity contribution in [3.05, 3.63) is 77.6 Å². The zero-order valence-corrected chi connectivity index (χ0v) is 17.0. The number of benzene rings is 2. The Morgan fingerprint density at radius 1 is 1.10 bits per heavy atom. The summed E-state index contributed by atoms with van der Waals surface area (Å²) >= 11 is 0. The van der Waals surface area contributed by atoms with Crippen molar-refractivity contribution in [3.8, 4) is 11.3 Å². The largest absolute Gasteiger partial charge is 0.354 e. The molecule has 0 bridgehead atoms. The minimum absolute atomic E-state index is 0.0682. The third kappa shape index (κ3) is 4.64. The molecule has 0 spiro atoms. The molecule has 1 saturated heterocycles. The van der Waals surface area contributed by atoms with E-state index in [9.17, 15) is 9.18 Å². The fourth-order valence-electron chi connectivity index (χ4n) is 3.80. The molecule has 154 valence electrons. The molecule has 0 radical (unpaired) electrons. The summed E-state index contributed by atoms with van der Waals surface area (Å²) in [7, 11) is 0. The monoisotopic (exact) mass is 404 g/mol. The van der Waals surface area contributed by atoms with E-state index in [-0.39, 0.29) is 17.6 Å². The zero-order valence-electron chi connectivity index (χ0n) is 17.0. The maximum atomic E-state index is 13.1. The number of carbonyl (C=O) groups is 1. The van der Waals surface area contributed by atoms with Crippen LogP contribution in [0, 0.1) is 18.7 Å². The van der Waals surface area contributed by atoms with Gasteiger partial charge in [-0.25, -0.2) is 4.39 Å². The van der Waals surface area contributed by atoms with Gasteiger partial charge in [-0.1, -0.05) is 24.3 Å². The fourth-order valence-corrected chi connectivity index (χ4v) is 3.80. The number of aryl methyl sites for hydroxylation is 1. The van der Waals surface area contributed by atoms with Gasteiger partial charge < -0.3 is 10.2 Å². The summed E-state index contributed by atoms with van der Waals surface area (Å²) in [4.78, 5) is 14.8. The zero-order chi connectivity index (χ0) is 20.9. The number of anilines is 1. The number of rotatable bonds is 5. The van der Waals surface area contributed by atoms with Crippen LogP contribution in [0.3, 0.4) is 0 Å². The molecule has 0 saturated carbocycles. The van der Waals surface area contributed by atoms with E-state index in [1.807, 2.05) is 30.3 Å². The molecule has 2 aromatic carbocycles. The maximum Gasteiger partial charge on any atom is 0.225 e. The highest BCUT2D eigenvalue weighted by atomic mass is 19.1. The number of nitrogens with zero attached hydrogens (tertiary/aromatic N) is 3. The standard InChI is InChI=1S/C24H25FN4O/c1-17-5-2-3-6-19(17)15-26-24(30)20-7-4-14-29(16-20)23-13-12-22(27-28-23)18-8-10-21(25)11-9-18/h2-3,5-6,8-13,20H,4,7,14-16H2,1H3,(H,26,30)/t20-/m1/s1. The fraction of sp³-hybridized carbons (Fsp3) is 0.292. The van der Waals surface area contributed by atoms with Crippen LogP contribution in [0.25, 0.3) is 11.3 Å². The molecule has 1 aromatic heterocycles. The average molecular weight is 404 g/mol. The van der Waals surface area contributed by atoms with Gasteiger partial charge in [0.15, 0.2) is 5.82 Å². The minimum Gasteiger partial charge on any atom is -0.354 e. The maximum absolute atomic E-state index is 13.1. The van der Waals surface area contributed by atoms with Crippen LogP contribution >= 0.6 is 0 Å². The Hall–Kier alpha value is -3.28. The van der Waals surface area contributed by atoms with E-state index in [0.29, 0.717) is 18.8 Å². The summed E-state index contributed by atoms with van der Waals surface area (Å²) < 4.78 is 13.1. The van der Waals surface area contributed by atoms with Crippen molar-refractivity contribution in [2.45, 2.75) is 26.3 Å². The first kappa shape index (κ1) is 20.0. The van der Waals surface area contributed by atoms with Gasteiger partial charge in [0, 0.05) is 25.2 Å². The highest BCUT2D eigenvalue weighted by Crippen LogP contribution is 2.24. The summed E-state index contributed by atoms with van der Waals surface area (Å²) in [6.07, 6.45) is 1.81. The van der Waals surface area contributed by atoms with Crippen LogP contribution in [0.5, 0.6) is 0 Å². The second-order valence-electron chi connectivity index (χ2n) is 7.71. The van der Waals surface area contributed by atoms with E-state index in [4.69, 9.17) is 0 Å². The number of aromatic nitrogens is 2. The Balaban J connectivity index is 1.38. The molecule has 0 unspecified atom stereocenters. The predicted octanol–water partition coefficient (Wildman–Crippen LogP) is 4.12. The van der Waals surface area contributed by atoms with E-state index in [1.54, 1.807) is 12.1 Å². The molecule has 4 rings (SSSR count). The molecule has 1 amide bonds. The molecule has 1 N–H and O–H groups in total. The summed E-state index contributed by atoms with van der Waals surface area (Å²) in [5.41, 5.74) is 3.84. The van der Waals surface area contributed by atoms with E-state index in [0.717, 1.165) is 36.3 Å². The third-order valence-electron chi connectivity index (χ3n) is 5.62. The van der Waals surface area contributed by atoms with Gasteiger partial charge in [-0.05, 0) is 67.3 Å². The Bertz CT molecular complexity index is 1000. The number of hydrogen-bond donors (Lipinski definition) is 1. The van der Waals surface area contributed by atoms with Crippen molar-refractivity contribution in [2.75, 3.05) is 18.0 Å². The van der Waals surface area contributed by atoms with E-state index >= 15 is 0 Å². The van der Waals surface area contributed by atoms with E-state index in [1.165, 1.54) is 17.7 Å². The minimum atomic E-state index is -0.275. The summed E-state index contributed by atoms with van der Waals surface area (Å²) in [5.74, 6) is 0.501. The summed E-state index contributed by atoms with van der Waals surface area (Å²) in [6, 6.07) is 18.1. The second-order valence-corrected chi connectivity index (χ2v) is 7.71. The van der Waals surface area contributed by atoms with Crippen LogP contribution in [0.2, 0.25) is 0 Å². The first-order chi connectivity index (χ1) is 14.6. The van der Waals surface area contributed by atoms with Gasteiger partial charge >= 0.3 is 0 Å². The smallest absolute Gasteiger partial charge is 0.225 e. The van der Waals surface area contributed by atoms with Gasteiger partial charge in [-0.3, -0.25) is 4.79 Å².